The third kappa shape index (κ3) is 3.10. The van der Waals surface area contributed by atoms with Gasteiger partial charge in [-0.25, -0.2) is 14.5 Å². The molecule has 0 spiro atoms. The van der Waals surface area contributed by atoms with Crippen LogP contribution in [-0.4, -0.2) is 25.6 Å². The lowest BCUT2D eigenvalue weighted by Gasteiger charge is -2.14. The second-order valence-electron chi connectivity index (χ2n) is 5.61. The second-order valence-corrected chi connectivity index (χ2v) is 6.92. The topological polar surface area (TPSA) is 64.8 Å². The zero-order valence-corrected chi connectivity index (χ0v) is 14.5. The Labute approximate surface area is 143 Å². The van der Waals surface area contributed by atoms with Gasteiger partial charge in [0.15, 0.2) is 5.16 Å². The number of Topliss-reactive ketones (excluding diaryl/α,β-unsaturated/α-hetero) is 1. The van der Waals surface area contributed by atoms with Crippen molar-refractivity contribution in [2.45, 2.75) is 31.2 Å². The van der Waals surface area contributed by atoms with E-state index in [1.165, 1.54) is 23.3 Å². The standard InChI is InChI=1S/C18H17N3O2S/c1-11-8-9-19-16(10-11)21-17(23)14-6-4-5-7-15(14)20-18(21)24-13(3)12(2)22/h4-10,13H,1-3H3. The maximum Gasteiger partial charge on any atom is 0.267 e. The molecule has 3 aromatic rings. The van der Waals surface area contributed by atoms with Gasteiger partial charge in [0.1, 0.15) is 11.6 Å². The highest BCUT2D eigenvalue weighted by molar-refractivity contribution is 8.00. The summed E-state index contributed by atoms with van der Waals surface area (Å²) < 4.78 is 1.49. The van der Waals surface area contributed by atoms with Gasteiger partial charge < -0.3 is 0 Å². The van der Waals surface area contributed by atoms with E-state index in [-0.39, 0.29) is 16.6 Å². The number of hydrogen-bond donors (Lipinski definition) is 0. The van der Waals surface area contributed by atoms with Gasteiger partial charge in [0.05, 0.1) is 16.2 Å². The van der Waals surface area contributed by atoms with E-state index in [0.717, 1.165) is 5.56 Å². The van der Waals surface area contributed by atoms with Crippen molar-refractivity contribution in [3.63, 3.8) is 0 Å². The van der Waals surface area contributed by atoms with Gasteiger partial charge in [0.25, 0.3) is 5.56 Å². The summed E-state index contributed by atoms with van der Waals surface area (Å²) in [5.74, 6) is 0.544. The molecule has 0 fully saturated rings. The first-order valence-electron chi connectivity index (χ1n) is 7.59. The fourth-order valence-electron chi connectivity index (χ4n) is 2.28. The number of ketones is 1. The summed E-state index contributed by atoms with van der Waals surface area (Å²) in [7, 11) is 0. The van der Waals surface area contributed by atoms with Crippen LogP contribution in [0.3, 0.4) is 0 Å². The molecule has 0 amide bonds. The number of aryl methyl sites for hydroxylation is 1. The molecule has 1 unspecified atom stereocenters. The van der Waals surface area contributed by atoms with Crippen LogP contribution in [-0.2, 0) is 4.79 Å². The van der Waals surface area contributed by atoms with E-state index >= 15 is 0 Å². The molecule has 0 radical (unpaired) electrons. The molecule has 24 heavy (non-hydrogen) atoms. The summed E-state index contributed by atoms with van der Waals surface area (Å²) in [6, 6.07) is 10.9. The third-order valence-electron chi connectivity index (χ3n) is 3.73. The Bertz CT molecular complexity index is 981. The molecule has 2 heterocycles. The quantitative estimate of drug-likeness (QED) is 0.540. The first-order chi connectivity index (χ1) is 11.5. The fourth-order valence-corrected chi connectivity index (χ4v) is 3.19. The van der Waals surface area contributed by atoms with Crippen molar-refractivity contribution in [2.24, 2.45) is 0 Å². The van der Waals surface area contributed by atoms with Crippen molar-refractivity contribution in [3.8, 4) is 5.82 Å². The zero-order valence-electron chi connectivity index (χ0n) is 13.7. The summed E-state index contributed by atoms with van der Waals surface area (Å²) in [5, 5.41) is 0.703. The molecule has 1 aromatic carbocycles. The molecule has 6 heteroatoms. The molecule has 3 rings (SSSR count). The Morgan fingerprint density at radius 3 is 2.71 bits per heavy atom. The predicted molar refractivity (Wildman–Crippen MR) is 95.9 cm³/mol. The van der Waals surface area contributed by atoms with Crippen LogP contribution in [0.5, 0.6) is 0 Å². The van der Waals surface area contributed by atoms with Crippen LogP contribution >= 0.6 is 11.8 Å². The summed E-state index contributed by atoms with van der Waals surface area (Å²) in [6.45, 7) is 5.28. The number of carbonyl (C=O) groups is 1. The van der Waals surface area contributed by atoms with Crippen molar-refractivity contribution in [2.75, 3.05) is 0 Å². The van der Waals surface area contributed by atoms with Crippen LogP contribution in [0.2, 0.25) is 0 Å². The van der Waals surface area contributed by atoms with Gasteiger partial charge in [-0.2, -0.15) is 0 Å². The lowest BCUT2D eigenvalue weighted by Crippen LogP contribution is -2.24. The number of carbonyl (C=O) groups excluding carboxylic acids is 1. The number of hydrogen-bond acceptors (Lipinski definition) is 5. The number of pyridine rings is 1. The van der Waals surface area contributed by atoms with Crippen molar-refractivity contribution in [1.29, 1.82) is 0 Å². The number of nitrogens with zero attached hydrogens (tertiary/aromatic N) is 3. The molecule has 1 atom stereocenters. The molecule has 0 aliphatic carbocycles. The first kappa shape index (κ1) is 16.4. The van der Waals surface area contributed by atoms with E-state index < -0.39 is 0 Å². The molecule has 0 saturated heterocycles. The molecule has 0 N–H and O–H groups in total. The lowest BCUT2D eigenvalue weighted by atomic mass is 10.2. The van der Waals surface area contributed by atoms with Gasteiger partial charge in [-0.1, -0.05) is 23.9 Å². The zero-order chi connectivity index (χ0) is 17.3. The summed E-state index contributed by atoms with van der Waals surface area (Å²) in [5.41, 5.74) is 1.43. The van der Waals surface area contributed by atoms with E-state index in [0.29, 0.717) is 21.9 Å². The molecular formula is C18H17N3O2S. The van der Waals surface area contributed by atoms with Crippen molar-refractivity contribution in [1.82, 2.24) is 14.5 Å². The van der Waals surface area contributed by atoms with E-state index in [1.807, 2.05) is 38.1 Å². The number of thioether (sulfide) groups is 1. The highest BCUT2D eigenvalue weighted by Crippen LogP contribution is 2.25. The maximum atomic E-state index is 13.0. The van der Waals surface area contributed by atoms with Gasteiger partial charge >= 0.3 is 0 Å². The van der Waals surface area contributed by atoms with Gasteiger partial charge in [-0.3, -0.25) is 9.59 Å². The second kappa shape index (κ2) is 6.57. The number of aromatic nitrogens is 3. The average Bonchev–Trinajstić information content (AvgIpc) is 2.55. The molecule has 0 bridgehead atoms. The molecular weight excluding hydrogens is 322 g/mol. The minimum Gasteiger partial charge on any atom is -0.299 e. The summed E-state index contributed by atoms with van der Waals surface area (Å²) in [4.78, 5) is 33.6. The van der Waals surface area contributed by atoms with Gasteiger partial charge in [-0.15, -0.1) is 0 Å². The molecule has 122 valence electrons. The van der Waals surface area contributed by atoms with E-state index in [9.17, 15) is 9.59 Å². The van der Waals surface area contributed by atoms with Crippen LogP contribution in [0.25, 0.3) is 16.7 Å². The van der Waals surface area contributed by atoms with Crippen molar-refractivity contribution >= 4 is 28.4 Å². The Morgan fingerprint density at radius 2 is 2.00 bits per heavy atom. The highest BCUT2D eigenvalue weighted by atomic mass is 32.2. The van der Waals surface area contributed by atoms with Crippen LogP contribution in [0.15, 0.2) is 52.5 Å². The van der Waals surface area contributed by atoms with Crippen LogP contribution in [0.4, 0.5) is 0 Å². The van der Waals surface area contributed by atoms with E-state index in [4.69, 9.17) is 0 Å². The molecule has 2 aromatic heterocycles. The average molecular weight is 339 g/mol. The predicted octanol–water partition coefficient (Wildman–Crippen LogP) is 3.16. The highest BCUT2D eigenvalue weighted by Gasteiger charge is 2.18. The minimum atomic E-state index is -0.297. The maximum absolute atomic E-state index is 13.0. The summed E-state index contributed by atoms with van der Waals surface area (Å²) >= 11 is 1.27. The number of benzene rings is 1. The monoisotopic (exact) mass is 339 g/mol. The number of para-hydroxylation sites is 1. The normalized spacial score (nSPS) is 12.3. The smallest absolute Gasteiger partial charge is 0.267 e. The van der Waals surface area contributed by atoms with Gasteiger partial charge in [0, 0.05) is 6.20 Å². The Hall–Kier alpha value is -2.47. The molecule has 0 aliphatic heterocycles. The third-order valence-corrected chi connectivity index (χ3v) is 4.90. The Balaban J connectivity index is 2.29. The number of fused-ring (bicyclic) bond motifs is 1. The molecule has 0 saturated carbocycles. The fraction of sp³-hybridized carbons (Fsp3) is 0.222. The van der Waals surface area contributed by atoms with Crippen molar-refractivity contribution < 1.29 is 4.79 Å². The van der Waals surface area contributed by atoms with Gasteiger partial charge in [-0.05, 0) is 50.6 Å². The summed E-state index contributed by atoms with van der Waals surface area (Å²) in [6.07, 6.45) is 1.66. The largest absolute Gasteiger partial charge is 0.299 e. The molecule has 0 aliphatic rings. The van der Waals surface area contributed by atoms with Crippen LogP contribution in [0.1, 0.15) is 19.4 Å². The Morgan fingerprint density at radius 1 is 1.25 bits per heavy atom. The SMILES string of the molecule is CC(=O)C(C)Sc1nc2ccccc2c(=O)n1-c1cc(C)ccn1. The lowest BCUT2D eigenvalue weighted by molar-refractivity contribution is -0.116. The number of rotatable bonds is 4. The van der Waals surface area contributed by atoms with E-state index in [2.05, 4.69) is 9.97 Å². The Kier molecular flexibility index (Phi) is 4.49. The first-order valence-corrected chi connectivity index (χ1v) is 8.47. The van der Waals surface area contributed by atoms with Crippen LogP contribution in [0, 0.1) is 6.92 Å². The van der Waals surface area contributed by atoms with Crippen LogP contribution < -0.4 is 5.56 Å². The van der Waals surface area contributed by atoms with Crippen molar-refractivity contribution in [3.05, 3.63) is 58.5 Å². The van der Waals surface area contributed by atoms with E-state index in [1.54, 1.807) is 18.3 Å². The van der Waals surface area contributed by atoms with Gasteiger partial charge in [0.2, 0.25) is 0 Å². The molecule has 5 nitrogen and oxygen atoms in total. The minimum absolute atomic E-state index is 0.0335.